The Bertz CT molecular complexity index is 651. The molecule has 140 valence electrons. The molecule has 6 nitrogen and oxygen atoms in total. The van der Waals surface area contributed by atoms with Gasteiger partial charge in [0.25, 0.3) is 0 Å². The van der Waals surface area contributed by atoms with Gasteiger partial charge in [-0.25, -0.2) is 0 Å². The van der Waals surface area contributed by atoms with Crippen LogP contribution >= 0.6 is 0 Å². The van der Waals surface area contributed by atoms with Crippen LogP contribution in [0.15, 0.2) is 36.4 Å². The molecule has 0 unspecified atom stereocenters. The van der Waals surface area contributed by atoms with E-state index in [2.05, 4.69) is 22.4 Å². The van der Waals surface area contributed by atoms with E-state index in [4.69, 9.17) is 4.74 Å². The van der Waals surface area contributed by atoms with Crippen LogP contribution < -0.4 is 10.2 Å². The maximum absolute atomic E-state index is 12.2. The first-order valence-electron chi connectivity index (χ1n) is 9.25. The van der Waals surface area contributed by atoms with Gasteiger partial charge in [-0.3, -0.25) is 9.59 Å². The Balaban J connectivity index is 1.46. The number of morpholine rings is 1. The van der Waals surface area contributed by atoms with Crippen molar-refractivity contribution in [3.8, 4) is 0 Å². The summed E-state index contributed by atoms with van der Waals surface area (Å²) in [5.74, 6) is 0.155. The molecule has 26 heavy (non-hydrogen) atoms. The van der Waals surface area contributed by atoms with E-state index in [9.17, 15) is 9.59 Å². The van der Waals surface area contributed by atoms with Gasteiger partial charge in [0, 0.05) is 37.9 Å². The zero-order chi connectivity index (χ0) is 18.4. The van der Waals surface area contributed by atoms with Crippen LogP contribution in [0.25, 0.3) is 0 Å². The number of benzene rings is 1. The number of hydrogen-bond donors (Lipinski definition) is 1. The number of nitrogens with one attached hydrogen (secondary N) is 1. The van der Waals surface area contributed by atoms with Crippen LogP contribution in [0.1, 0.15) is 19.3 Å². The third-order valence-corrected chi connectivity index (χ3v) is 4.88. The van der Waals surface area contributed by atoms with E-state index in [0.717, 1.165) is 50.5 Å². The molecule has 1 N–H and O–H groups in total. The van der Waals surface area contributed by atoms with Crippen LogP contribution in [-0.2, 0) is 14.3 Å². The molecule has 2 amide bonds. The second-order valence-corrected chi connectivity index (χ2v) is 6.91. The summed E-state index contributed by atoms with van der Waals surface area (Å²) in [6, 6.07) is 7.80. The molecule has 1 heterocycles. The lowest BCUT2D eigenvalue weighted by molar-refractivity contribution is -0.133. The zero-order valence-corrected chi connectivity index (χ0v) is 15.3. The Labute approximate surface area is 154 Å². The first kappa shape index (κ1) is 18.5. The number of anilines is 2. The Hall–Kier alpha value is -2.34. The molecule has 1 atom stereocenters. The van der Waals surface area contributed by atoms with Crippen molar-refractivity contribution in [2.24, 2.45) is 5.92 Å². The second-order valence-electron chi connectivity index (χ2n) is 6.91. The van der Waals surface area contributed by atoms with Crippen molar-refractivity contribution in [2.75, 3.05) is 50.1 Å². The smallest absolute Gasteiger partial charge is 0.243 e. The maximum atomic E-state index is 12.2. The first-order chi connectivity index (χ1) is 12.6. The largest absolute Gasteiger partial charge is 0.378 e. The fourth-order valence-corrected chi connectivity index (χ4v) is 3.33. The lowest BCUT2D eigenvalue weighted by Gasteiger charge is -2.28. The molecule has 2 aliphatic rings. The summed E-state index contributed by atoms with van der Waals surface area (Å²) in [5, 5.41) is 2.86. The monoisotopic (exact) mass is 357 g/mol. The molecule has 1 aliphatic heterocycles. The van der Waals surface area contributed by atoms with Gasteiger partial charge in [0.15, 0.2) is 0 Å². The molecule has 1 saturated heterocycles. The number of likely N-dealkylation sites (N-methyl/N-ethyl adjacent to an activating group) is 1. The third-order valence-electron chi connectivity index (χ3n) is 4.88. The highest BCUT2D eigenvalue weighted by atomic mass is 16.5. The molecular weight excluding hydrogens is 330 g/mol. The van der Waals surface area contributed by atoms with Crippen molar-refractivity contribution in [1.29, 1.82) is 0 Å². The van der Waals surface area contributed by atoms with E-state index in [1.807, 2.05) is 24.3 Å². The Morgan fingerprint density at radius 2 is 1.96 bits per heavy atom. The lowest BCUT2D eigenvalue weighted by Crippen LogP contribution is -2.36. The van der Waals surface area contributed by atoms with E-state index >= 15 is 0 Å². The molecule has 1 aliphatic carbocycles. The van der Waals surface area contributed by atoms with Gasteiger partial charge < -0.3 is 19.9 Å². The second kappa shape index (κ2) is 8.85. The van der Waals surface area contributed by atoms with Crippen LogP contribution in [0.3, 0.4) is 0 Å². The van der Waals surface area contributed by atoms with Crippen LogP contribution in [0.5, 0.6) is 0 Å². The van der Waals surface area contributed by atoms with Crippen molar-refractivity contribution >= 4 is 23.2 Å². The van der Waals surface area contributed by atoms with E-state index in [0.29, 0.717) is 12.3 Å². The lowest BCUT2D eigenvalue weighted by atomic mass is 10.0. The van der Waals surface area contributed by atoms with Gasteiger partial charge in [-0.1, -0.05) is 12.2 Å². The summed E-state index contributed by atoms with van der Waals surface area (Å²) in [5.41, 5.74) is 1.87. The topological polar surface area (TPSA) is 61.9 Å². The number of rotatable bonds is 6. The van der Waals surface area contributed by atoms with Crippen molar-refractivity contribution in [1.82, 2.24) is 4.90 Å². The molecule has 6 heteroatoms. The molecule has 3 rings (SSSR count). The molecule has 1 fully saturated rings. The highest BCUT2D eigenvalue weighted by Crippen LogP contribution is 2.21. The van der Waals surface area contributed by atoms with Gasteiger partial charge >= 0.3 is 0 Å². The van der Waals surface area contributed by atoms with Crippen LogP contribution in [0, 0.1) is 5.92 Å². The van der Waals surface area contributed by atoms with Gasteiger partial charge in [-0.05, 0) is 43.0 Å². The van der Waals surface area contributed by atoms with Crippen LogP contribution in [0.4, 0.5) is 11.4 Å². The van der Waals surface area contributed by atoms with Crippen LogP contribution in [-0.4, -0.2) is 56.6 Å². The number of carbonyl (C=O) groups is 2. The predicted molar refractivity (Wildman–Crippen MR) is 102 cm³/mol. The van der Waals surface area contributed by atoms with E-state index in [1.165, 1.54) is 4.90 Å². The van der Waals surface area contributed by atoms with Gasteiger partial charge in [0.1, 0.15) is 0 Å². The molecule has 0 bridgehead atoms. The van der Waals surface area contributed by atoms with Gasteiger partial charge in [0.2, 0.25) is 11.8 Å². The number of ether oxygens (including phenoxy) is 1. The number of allylic oxidation sites excluding steroid dienone is 2. The fourth-order valence-electron chi connectivity index (χ4n) is 3.33. The number of nitrogens with zero attached hydrogens (tertiary/aromatic N) is 2. The quantitative estimate of drug-likeness (QED) is 0.794. The summed E-state index contributed by atoms with van der Waals surface area (Å²) in [6.45, 7) is 3.33. The minimum Gasteiger partial charge on any atom is -0.378 e. The summed E-state index contributed by atoms with van der Waals surface area (Å²) in [4.78, 5) is 28.2. The summed E-state index contributed by atoms with van der Waals surface area (Å²) in [7, 11) is 1.68. The molecule has 1 aromatic carbocycles. The summed E-state index contributed by atoms with van der Waals surface area (Å²) >= 11 is 0. The highest BCUT2D eigenvalue weighted by Gasteiger charge is 2.19. The minimum atomic E-state index is -0.179. The van der Waals surface area contributed by atoms with Gasteiger partial charge in [-0.15, -0.1) is 0 Å². The zero-order valence-electron chi connectivity index (χ0n) is 15.3. The molecule has 0 saturated carbocycles. The summed E-state index contributed by atoms with van der Waals surface area (Å²) < 4.78 is 5.36. The number of amides is 2. The predicted octanol–water partition coefficient (Wildman–Crippen LogP) is 2.28. The van der Waals surface area contributed by atoms with Crippen molar-refractivity contribution < 1.29 is 14.3 Å². The Morgan fingerprint density at radius 3 is 2.62 bits per heavy atom. The molecule has 0 spiro atoms. The Kier molecular flexibility index (Phi) is 6.28. The van der Waals surface area contributed by atoms with Gasteiger partial charge in [-0.2, -0.15) is 0 Å². The fraction of sp³-hybridized carbons (Fsp3) is 0.500. The van der Waals surface area contributed by atoms with E-state index < -0.39 is 0 Å². The average Bonchev–Trinajstić information content (AvgIpc) is 3.16. The summed E-state index contributed by atoms with van der Waals surface area (Å²) in [6.07, 6.45) is 6.77. The normalized spacial score (nSPS) is 19.4. The van der Waals surface area contributed by atoms with Gasteiger partial charge in [0.05, 0.1) is 19.8 Å². The molecule has 0 aromatic heterocycles. The van der Waals surface area contributed by atoms with Crippen molar-refractivity contribution in [3.05, 3.63) is 36.4 Å². The van der Waals surface area contributed by atoms with Crippen molar-refractivity contribution in [2.45, 2.75) is 19.3 Å². The van der Waals surface area contributed by atoms with E-state index in [1.54, 1.807) is 7.05 Å². The maximum Gasteiger partial charge on any atom is 0.243 e. The third kappa shape index (κ3) is 5.08. The highest BCUT2D eigenvalue weighted by molar-refractivity contribution is 5.94. The number of carbonyl (C=O) groups excluding carboxylic acids is 2. The minimum absolute atomic E-state index is 0.0133. The molecule has 1 aromatic rings. The molecular formula is C20H27N3O3. The van der Waals surface area contributed by atoms with Crippen molar-refractivity contribution in [3.63, 3.8) is 0 Å². The van der Waals surface area contributed by atoms with Crippen LogP contribution in [0.2, 0.25) is 0 Å². The Morgan fingerprint density at radius 1 is 1.23 bits per heavy atom. The SMILES string of the molecule is CN(CC(=O)Nc1ccc(N2CCOCC2)cc1)C(=O)C[C@@H]1C=CCC1. The molecule has 0 radical (unpaired) electrons. The first-order valence-corrected chi connectivity index (χ1v) is 9.25. The van der Waals surface area contributed by atoms with E-state index in [-0.39, 0.29) is 18.4 Å². The standard InChI is InChI=1S/C20H27N3O3/c1-22(20(25)14-16-4-2-3-5-16)15-19(24)21-17-6-8-18(9-7-17)23-10-12-26-13-11-23/h2,4,6-9,16H,3,5,10-15H2,1H3,(H,21,24)/t16-/m1/s1. The average molecular weight is 357 g/mol. The number of hydrogen-bond acceptors (Lipinski definition) is 4.